The van der Waals surface area contributed by atoms with E-state index >= 15 is 0 Å². The van der Waals surface area contributed by atoms with Crippen LogP contribution in [0.15, 0.2) is 48.5 Å². The molecule has 0 aliphatic heterocycles. The molecule has 0 unspecified atom stereocenters. The Morgan fingerprint density at radius 3 is 2.21 bits per heavy atom. The fourth-order valence-corrected chi connectivity index (χ4v) is 4.20. The van der Waals surface area contributed by atoms with Crippen molar-refractivity contribution < 1.29 is 14.5 Å². The van der Waals surface area contributed by atoms with Crippen LogP contribution in [0.1, 0.15) is 44.7 Å². The summed E-state index contributed by atoms with van der Waals surface area (Å²) in [5.74, 6) is 0.434. The average Bonchev–Trinajstić information content (AvgIpc) is 2.80. The first-order valence-electron chi connectivity index (χ1n) is 10.9. The van der Waals surface area contributed by atoms with Crippen molar-refractivity contribution in [3.8, 4) is 0 Å². The quantitative estimate of drug-likeness (QED) is 0.325. The molecule has 0 spiro atoms. The number of nitro benzene ring substituents is 1. The maximum atomic E-state index is 13.2. The zero-order valence-electron chi connectivity index (χ0n) is 19.1. The van der Waals surface area contributed by atoms with Crippen LogP contribution in [0.5, 0.6) is 0 Å². The summed E-state index contributed by atoms with van der Waals surface area (Å²) >= 11 is 7.41. The Hall–Kier alpha value is -2.58. The number of halogens is 1. The van der Waals surface area contributed by atoms with E-state index in [1.54, 1.807) is 29.2 Å². The van der Waals surface area contributed by atoms with Gasteiger partial charge in [0, 0.05) is 35.5 Å². The maximum Gasteiger partial charge on any atom is 0.269 e. The van der Waals surface area contributed by atoms with Crippen LogP contribution < -0.4 is 5.32 Å². The number of amides is 2. The van der Waals surface area contributed by atoms with E-state index in [9.17, 15) is 19.7 Å². The summed E-state index contributed by atoms with van der Waals surface area (Å²) in [6, 6.07) is 13.0. The van der Waals surface area contributed by atoms with Gasteiger partial charge in [0.25, 0.3) is 5.69 Å². The van der Waals surface area contributed by atoms with Crippen LogP contribution in [0, 0.1) is 10.1 Å². The van der Waals surface area contributed by atoms with Gasteiger partial charge >= 0.3 is 0 Å². The highest BCUT2D eigenvalue weighted by molar-refractivity contribution is 7.99. The zero-order valence-corrected chi connectivity index (χ0v) is 20.7. The van der Waals surface area contributed by atoms with Gasteiger partial charge in [-0.05, 0) is 43.0 Å². The molecule has 178 valence electrons. The molecule has 1 N–H and O–H groups in total. The molecule has 9 heteroatoms. The molecule has 33 heavy (non-hydrogen) atoms. The summed E-state index contributed by atoms with van der Waals surface area (Å²) in [5.41, 5.74) is 1.82. The van der Waals surface area contributed by atoms with Crippen LogP contribution in [-0.4, -0.2) is 39.5 Å². The molecular formula is C24H30ClN3O4S. The van der Waals surface area contributed by atoms with Crippen LogP contribution in [0.25, 0.3) is 0 Å². The Labute approximate surface area is 204 Å². The number of non-ortho nitro benzene ring substituents is 1. The number of thioether (sulfide) groups is 1. The Kier molecular flexibility index (Phi) is 10.7. The molecule has 0 saturated carbocycles. The summed E-state index contributed by atoms with van der Waals surface area (Å²) in [5, 5.41) is 14.4. The third-order valence-corrected chi connectivity index (χ3v) is 6.54. The largest absolute Gasteiger partial charge is 0.352 e. The van der Waals surface area contributed by atoms with E-state index in [0.717, 1.165) is 17.5 Å². The Morgan fingerprint density at radius 1 is 1.06 bits per heavy atom. The number of nitrogens with zero attached hydrogens (tertiary/aromatic N) is 2. The predicted octanol–water partition coefficient (Wildman–Crippen LogP) is 5.20. The number of rotatable bonds is 12. The number of carbonyl (C=O) groups is 2. The van der Waals surface area contributed by atoms with E-state index in [2.05, 4.69) is 5.32 Å². The van der Waals surface area contributed by atoms with Crippen LogP contribution in [0.2, 0.25) is 5.02 Å². The fourth-order valence-electron chi connectivity index (χ4n) is 3.20. The highest BCUT2D eigenvalue weighted by Crippen LogP contribution is 2.20. The first-order valence-corrected chi connectivity index (χ1v) is 12.4. The molecule has 2 aromatic carbocycles. The second-order valence-corrected chi connectivity index (χ2v) is 9.23. The van der Waals surface area contributed by atoms with Crippen molar-refractivity contribution in [1.82, 2.24) is 10.2 Å². The van der Waals surface area contributed by atoms with Gasteiger partial charge < -0.3 is 10.2 Å². The van der Waals surface area contributed by atoms with Crippen LogP contribution >= 0.6 is 23.4 Å². The van der Waals surface area contributed by atoms with Crippen molar-refractivity contribution >= 4 is 40.9 Å². The topological polar surface area (TPSA) is 92.6 Å². The Bertz CT molecular complexity index is 938. The number of carbonyl (C=O) groups excluding carboxylic acids is 2. The lowest BCUT2D eigenvalue weighted by atomic mass is 10.1. The molecule has 0 heterocycles. The molecule has 2 aromatic rings. The zero-order chi connectivity index (χ0) is 24.4. The lowest BCUT2D eigenvalue weighted by Crippen LogP contribution is -2.51. The summed E-state index contributed by atoms with van der Waals surface area (Å²) < 4.78 is 0. The number of nitrogens with one attached hydrogen (secondary N) is 1. The van der Waals surface area contributed by atoms with Crippen molar-refractivity contribution in [3.63, 3.8) is 0 Å². The molecule has 2 rings (SSSR count). The fraction of sp³-hybridized carbons (Fsp3) is 0.417. The standard InChI is InChI=1S/C24H30ClN3O4S/c1-4-17(3)26-24(30)22(5-2)27(14-18-6-10-20(25)11-7-18)23(29)16-33-15-19-8-12-21(13-9-19)28(31)32/h6-13,17,22H,4-5,14-16H2,1-3H3,(H,26,30)/t17-,22-/m1/s1. The first kappa shape index (κ1) is 26.7. The van der Waals surface area contributed by atoms with Gasteiger partial charge in [-0.1, -0.05) is 49.7 Å². The number of nitro groups is 1. The molecule has 0 aliphatic carbocycles. The van der Waals surface area contributed by atoms with Gasteiger partial charge in [-0.15, -0.1) is 11.8 Å². The minimum Gasteiger partial charge on any atom is -0.352 e. The Balaban J connectivity index is 2.11. The second kappa shape index (κ2) is 13.2. The van der Waals surface area contributed by atoms with E-state index in [0.29, 0.717) is 23.7 Å². The van der Waals surface area contributed by atoms with Gasteiger partial charge in [-0.2, -0.15) is 0 Å². The van der Waals surface area contributed by atoms with Crippen LogP contribution in [0.3, 0.4) is 0 Å². The van der Waals surface area contributed by atoms with Crippen molar-refractivity contribution in [1.29, 1.82) is 0 Å². The van der Waals surface area contributed by atoms with E-state index in [1.165, 1.54) is 23.9 Å². The van der Waals surface area contributed by atoms with Gasteiger partial charge in [0.2, 0.25) is 11.8 Å². The minimum atomic E-state index is -0.581. The van der Waals surface area contributed by atoms with Crippen molar-refractivity contribution in [2.75, 3.05) is 5.75 Å². The highest BCUT2D eigenvalue weighted by atomic mass is 35.5. The Morgan fingerprint density at radius 2 is 1.67 bits per heavy atom. The first-order chi connectivity index (χ1) is 15.7. The normalized spacial score (nSPS) is 12.6. The van der Waals surface area contributed by atoms with E-state index in [4.69, 9.17) is 11.6 Å². The molecule has 0 bridgehead atoms. The van der Waals surface area contributed by atoms with Crippen LogP contribution in [-0.2, 0) is 21.9 Å². The summed E-state index contributed by atoms with van der Waals surface area (Å²) in [6.45, 7) is 6.14. The molecule has 2 atom stereocenters. The minimum absolute atomic E-state index is 0.0237. The summed E-state index contributed by atoms with van der Waals surface area (Å²) in [6.07, 6.45) is 1.30. The monoisotopic (exact) mass is 491 g/mol. The molecule has 0 radical (unpaired) electrons. The number of hydrogen-bond donors (Lipinski definition) is 1. The average molecular weight is 492 g/mol. The van der Waals surface area contributed by atoms with Gasteiger partial charge in [-0.25, -0.2) is 0 Å². The molecule has 2 amide bonds. The lowest BCUT2D eigenvalue weighted by molar-refractivity contribution is -0.384. The molecule has 0 saturated heterocycles. The van der Waals surface area contributed by atoms with E-state index in [-0.39, 0.29) is 29.3 Å². The van der Waals surface area contributed by atoms with Gasteiger partial charge in [-0.3, -0.25) is 19.7 Å². The third kappa shape index (κ3) is 8.37. The molecule has 0 fully saturated rings. The summed E-state index contributed by atoms with van der Waals surface area (Å²) in [7, 11) is 0. The van der Waals surface area contributed by atoms with E-state index in [1.807, 2.05) is 32.9 Å². The lowest BCUT2D eigenvalue weighted by Gasteiger charge is -2.31. The van der Waals surface area contributed by atoms with Crippen LogP contribution in [0.4, 0.5) is 5.69 Å². The molecule has 0 aliphatic rings. The summed E-state index contributed by atoms with van der Waals surface area (Å²) in [4.78, 5) is 38.1. The molecule has 7 nitrogen and oxygen atoms in total. The molecular weight excluding hydrogens is 462 g/mol. The van der Waals surface area contributed by atoms with Crippen molar-refractivity contribution in [2.24, 2.45) is 0 Å². The number of benzene rings is 2. The second-order valence-electron chi connectivity index (χ2n) is 7.81. The molecule has 0 aromatic heterocycles. The smallest absolute Gasteiger partial charge is 0.269 e. The number of hydrogen-bond acceptors (Lipinski definition) is 5. The van der Waals surface area contributed by atoms with Crippen molar-refractivity contribution in [2.45, 2.75) is 58.0 Å². The van der Waals surface area contributed by atoms with Crippen molar-refractivity contribution in [3.05, 3.63) is 74.8 Å². The predicted molar refractivity (Wildman–Crippen MR) is 133 cm³/mol. The SMILES string of the molecule is CC[C@@H](C)NC(=O)[C@@H](CC)N(Cc1ccc(Cl)cc1)C(=O)CSCc1ccc([N+](=O)[O-])cc1. The van der Waals surface area contributed by atoms with Gasteiger partial charge in [0.1, 0.15) is 6.04 Å². The van der Waals surface area contributed by atoms with Gasteiger partial charge in [0.05, 0.1) is 10.7 Å². The highest BCUT2D eigenvalue weighted by Gasteiger charge is 2.29. The van der Waals surface area contributed by atoms with Gasteiger partial charge in [0.15, 0.2) is 0 Å². The maximum absolute atomic E-state index is 13.2. The van der Waals surface area contributed by atoms with E-state index < -0.39 is 11.0 Å². The third-order valence-electron chi connectivity index (χ3n) is 5.29.